The van der Waals surface area contributed by atoms with E-state index in [4.69, 9.17) is 14.5 Å². The molecule has 5 rings (SSSR count). The molecule has 1 saturated carbocycles. The molecule has 0 unspecified atom stereocenters. The summed E-state index contributed by atoms with van der Waals surface area (Å²) < 4.78 is 13.2. The molecule has 0 N–H and O–H groups in total. The van der Waals surface area contributed by atoms with Gasteiger partial charge in [0, 0.05) is 18.1 Å². The summed E-state index contributed by atoms with van der Waals surface area (Å²) in [6.07, 6.45) is 7.08. The first-order valence-corrected chi connectivity index (χ1v) is 13.2. The van der Waals surface area contributed by atoms with Crippen LogP contribution in [0.3, 0.4) is 0 Å². The topological polar surface area (TPSA) is 109 Å². The van der Waals surface area contributed by atoms with Gasteiger partial charge < -0.3 is 9.47 Å². The van der Waals surface area contributed by atoms with Crippen molar-refractivity contribution in [3.05, 3.63) is 104 Å². The van der Waals surface area contributed by atoms with Crippen molar-refractivity contribution in [2.45, 2.75) is 51.6 Å². The fourth-order valence-corrected chi connectivity index (χ4v) is 4.87. The van der Waals surface area contributed by atoms with Crippen LogP contribution in [0.4, 0.5) is 5.69 Å². The van der Waals surface area contributed by atoms with Crippen LogP contribution in [0.5, 0.6) is 11.5 Å². The highest BCUT2D eigenvalue weighted by Gasteiger charge is 2.22. The molecule has 9 heteroatoms. The van der Waals surface area contributed by atoms with Crippen molar-refractivity contribution in [3.63, 3.8) is 0 Å². The first-order chi connectivity index (χ1) is 19.0. The predicted molar refractivity (Wildman–Crippen MR) is 150 cm³/mol. The lowest BCUT2D eigenvalue weighted by atomic mass is 9.88. The summed E-state index contributed by atoms with van der Waals surface area (Å²) >= 11 is 0. The molecule has 1 aliphatic rings. The van der Waals surface area contributed by atoms with Crippen molar-refractivity contribution >= 4 is 22.8 Å². The van der Waals surface area contributed by atoms with Crippen molar-refractivity contribution in [2.75, 3.05) is 6.61 Å². The first kappa shape index (κ1) is 26.1. The number of nitro benzene ring substituents is 1. The predicted octanol–water partition coefficient (Wildman–Crippen LogP) is 6.21. The quantitative estimate of drug-likeness (QED) is 0.146. The van der Waals surface area contributed by atoms with E-state index >= 15 is 0 Å². The SMILES string of the molecule is CCOc1cc(C=Nn2c(C3CCCCC3)nc3ccccc3c2=O)ccc1OCc1ccc([N+](=O)[O-])cc1. The van der Waals surface area contributed by atoms with E-state index < -0.39 is 4.92 Å². The van der Waals surface area contributed by atoms with Crippen LogP contribution in [0.15, 0.2) is 76.6 Å². The number of fused-ring (bicyclic) bond motifs is 1. The smallest absolute Gasteiger partial charge is 0.282 e. The highest BCUT2D eigenvalue weighted by atomic mass is 16.6. The third-order valence-electron chi connectivity index (χ3n) is 6.88. The number of aromatic nitrogens is 2. The zero-order chi connectivity index (χ0) is 27.2. The van der Waals surface area contributed by atoms with Crippen LogP contribution in [-0.4, -0.2) is 27.4 Å². The monoisotopic (exact) mass is 526 g/mol. The van der Waals surface area contributed by atoms with E-state index in [1.54, 1.807) is 30.5 Å². The Balaban J connectivity index is 1.42. The van der Waals surface area contributed by atoms with Crippen LogP contribution in [0.1, 0.15) is 61.9 Å². The summed E-state index contributed by atoms with van der Waals surface area (Å²) in [6.45, 7) is 2.56. The number of nitrogens with zero attached hydrogens (tertiary/aromatic N) is 4. The number of para-hydroxylation sites is 1. The van der Waals surface area contributed by atoms with E-state index in [-0.39, 0.29) is 23.8 Å². The van der Waals surface area contributed by atoms with Crippen LogP contribution in [0.25, 0.3) is 10.9 Å². The average Bonchev–Trinajstić information content (AvgIpc) is 2.97. The maximum absolute atomic E-state index is 13.4. The van der Waals surface area contributed by atoms with Gasteiger partial charge in [-0.25, -0.2) is 4.98 Å². The molecule has 1 fully saturated rings. The summed E-state index contributed by atoms with van der Waals surface area (Å²) in [4.78, 5) is 28.8. The molecule has 4 aromatic rings. The maximum Gasteiger partial charge on any atom is 0.282 e. The minimum Gasteiger partial charge on any atom is -0.490 e. The van der Waals surface area contributed by atoms with E-state index in [2.05, 4.69) is 5.10 Å². The number of hydrogen-bond donors (Lipinski definition) is 0. The summed E-state index contributed by atoms with van der Waals surface area (Å²) in [6, 6.07) is 19.1. The third-order valence-corrected chi connectivity index (χ3v) is 6.88. The Morgan fingerprint density at radius 2 is 1.79 bits per heavy atom. The molecule has 1 heterocycles. The van der Waals surface area contributed by atoms with Crippen molar-refractivity contribution in [2.24, 2.45) is 5.10 Å². The number of ether oxygens (including phenoxy) is 2. The largest absolute Gasteiger partial charge is 0.490 e. The van der Waals surface area contributed by atoms with Crippen LogP contribution in [-0.2, 0) is 6.61 Å². The molecule has 0 radical (unpaired) electrons. The summed E-state index contributed by atoms with van der Waals surface area (Å²) in [7, 11) is 0. The molecular formula is C30H30N4O5. The molecule has 9 nitrogen and oxygen atoms in total. The molecule has 0 saturated heterocycles. The number of benzene rings is 3. The van der Waals surface area contributed by atoms with Crippen molar-refractivity contribution in [3.8, 4) is 11.5 Å². The van der Waals surface area contributed by atoms with Gasteiger partial charge in [-0.2, -0.15) is 9.78 Å². The molecule has 0 spiro atoms. The highest BCUT2D eigenvalue weighted by Crippen LogP contribution is 2.32. The van der Waals surface area contributed by atoms with Crippen LogP contribution >= 0.6 is 0 Å². The lowest BCUT2D eigenvalue weighted by Gasteiger charge is -2.22. The lowest BCUT2D eigenvalue weighted by molar-refractivity contribution is -0.384. The Morgan fingerprint density at radius 1 is 1.03 bits per heavy atom. The Hall–Kier alpha value is -4.53. The van der Waals surface area contributed by atoms with E-state index in [0.29, 0.717) is 34.8 Å². The fraction of sp³-hybridized carbons (Fsp3) is 0.300. The lowest BCUT2D eigenvalue weighted by Crippen LogP contribution is -2.25. The normalized spacial score (nSPS) is 14.1. The van der Waals surface area contributed by atoms with Crippen molar-refractivity contribution < 1.29 is 14.4 Å². The van der Waals surface area contributed by atoms with E-state index in [0.717, 1.165) is 36.8 Å². The van der Waals surface area contributed by atoms with Gasteiger partial charge in [0.2, 0.25) is 0 Å². The number of hydrogen-bond acceptors (Lipinski definition) is 7. The average molecular weight is 527 g/mol. The van der Waals surface area contributed by atoms with E-state index in [1.165, 1.54) is 23.2 Å². The Kier molecular flexibility index (Phi) is 7.96. The Bertz CT molecular complexity index is 1560. The molecule has 0 atom stereocenters. The molecule has 3 aromatic carbocycles. The highest BCUT2D eigenvalue weighted by molar-refractivity contribution is 5.81. The van der Waals surface area contributed by atoms with Crippen LogP contribution in [0, 0.1) is 10.1 Å². The first-order valence-electron chi connectivity index (χ1n) is 13.2. The molecule has 0 amide bonds. The van der Waals surface area contributed by atoms with Gasteiger partial charge in [-0.1, -0.05) is 31.4 Å². The van der Waals surface area contributed by atoms with Gasteiger partial charge in [0.05, 0.1) is 28.6 Å². The molecular weight excluding hydrogens is 496 g/mol. The fourth-order valence-electron chi connectivity index (χ4n) is 4.87. The van der Waals surface area contributed by atoms with Gasteiger partial charge in [0.25, 0.3) is 11.2 Å². The summed E-state index contributed by atoms with van der Waals surface area (Å²) in [5.74, 6) is 1.99. The second-order valence-electron chi connectivity index (χ2n) is 9.54. The number of rotatable bonds is 9. The second-order valence-corrected chi connectivity index (χ2v) is 9.54. The summed E-state index contributed by atoms with van der Waals surface area (Å²) in [5, 5.41) is 16.0. The molecule has 0 aliphatic heterocycles. The minimum atomic E-state index is -0.432. The van der Waals surface area contributed by atoms with E-state index in [9.17, 15) is 14.9 Å². The van der Waals surface area contributed by atoms with Crippen LogP contribution in [0.2, 0.25) is 0 Å². The third kappa shape index (κ3) is 5.98. The molecule has 200 valence electrons. The molecule has 1 aliphatic carbocycles. The van der Waals surface area contributed by atoms with Gasteiger partial charge in [0.15, 0.2) is 11.5 Å². The minimum absolute atomic E-state index is 0.0322. The standard InChI is InChI=1S/C30H30N4O5/c1-2-38-28-18-22(14-17-27(28)39-20-21-12-15-24(16-13-21)34(36)37)19-31-33-29(23-8-4-3-5-9-23)32-26-11-7-6-10-25(26)30(33)35/h6-7,10-19,23H,2-5,8-9,20H2,1H3. The van der Waals surface area contributed by atoms with Crippen LogP contribution < -0.4 is 15.0 Å². The van der Waals surface area contributed by atoms with Gasteiger partial charge in [0.1, 0.15) is 12.4 Å². The second kappa shape index (κ2) is 11.9. The van der Waals surface area contributed by atoms with E-state index in [1.807, 2.05) is 37.3 Å². The Morgan fingerprint density at radius 3 is 2.54 bits per heavy atom. The van der Waals surface area contributed by atoms with Crippen molar-refractivity contribution in [1.82, 2.24) is 9.66 Å². The maximum atomic E-state index is 13.4. The van der Waals surface area contributed by atoms with Gasteiger partial charge >= 0.3 is 0 Å². The summed E-state index contributed by atoms with van der Waals surface area (Å²) in [5.41, 5.74) is 2.10. The zero-order valence-corrected chi connectivity index (χ0v) is 21.8. The Labute approximate surface area is 225 Å². The zero-order valence-electron chi connectivity index (χ0n) is 21.8. The van der Waals surface area contributed by atoms with Gasteiger partial charge in [-0.05, 0) is 73.4 Å². The molecule has 1 aromatic heterocycles. The molecule has 39 heavy (non-hydrogen) atoms. The number of non-ortho nitro benzene ring substituents is 1. The van der Waals surface area contributed by atoms with Gasteiger partial charge in [-0.15, -0.1) is 0 Å². The van der Waals surface area contributed by atoms with Gasteiger partial charge in [-0.3, -0.25) is 14.9 Å². The van der Waals surface area contributed by atoms with Crippen molar-refractivity contribution in [1.29, 1.82) is 0 Å². The number of nitro groups is 1. The molecule has 0 bridgehead atoms.